The fourth-order valence-electron chi connectivity index (χ4n) is 3.66. The molecule has 4 rings (SSSR count). The number of hydrogen-bond donors (Lipinski definition) is 0. The van der Waals surface area contributed by atoms with Crippen molar-refractivity contribution in [2.45, 2.75) is 31.2 Å². The van der Waals surface area contributed by atoms with Gasteiger partial charge in [-0.1, -0.05) is 71.4 Å². The molecule has 2 aliphatic heterocycles. The maximum Gasteiger partial charge on any atom is 0.252 e. The van der Waals surface area contributed by atoms with E-state index in [-0.39, 0.29) is 35.1 Å². The zero-order chi connectivity index (χ0) is 20.6. The smallest absolute Gasteiger partial charge is 0.252 e. The third-order valence-electron chi connectivity index (χ3n) is 5.17. The van der Waals surface area contributed by atoms with Crippen LogP contribution in [0, 0.1) is 6.92 Å². The molecule has 5 nitrogen and oxygen atoms in total. The minimum absolute atomic E-state index is 0.0836. The van der Waals surface area contributed by atoms with Gasteiger partial charge in [0.2, 0.25) is 0 Å². The summed E-state index contributed by atoms with van der Waals surface area (Å²) in [5.41, 5.74) is 2.94. The molecule has 0 saturated carbocycles. The number of aliphatic imine (C=N–C) groups is 1. The van der Waals surface area contributed by atoms with Gasteiger partial charge in [-0.2, -0.15) is 4.99 Å². The number of thioether (sulfide) groups is 1. The van der Waals surface area contributed by atoms with Crippen molar-refractivity contribution in [2.24, 2.45) is 4.99 Å². The van der Waals surface area contributed by atoms with Crippen LogP contribution in [0.3, 0.4) is 0 Å². The van der Waals surface area contributed by atoms with Gasteiger partial charge in [0.15, 0.2) is 15.0 Å². The highest BCUT2D eigenvalue weighted by Gasteiger charge is 2.48. The summed E-state index contributed by atoms with van der Waals surface area (Å²) in [6.45, 7) is 2.43. The highest BCUT2D eigenvalue weighted by molar-refractivity contribution is 8.15. The molecule has 2 aromatic carbocycles. The van der Waals surface area contributed by atoms with Gasteiger partial charge in [-0.25, -0.2) is 8.42 Å². The lowest BCUT2D eigenvalue weighted by Crippen LogP contribution is -2.37. The Bertz CT molecular complexity index is 1070. The van der Waals surface area contributed by atoms with E-state index in [4.69, 9.17) is 11.6 Å². The lowest BCUT2D eigenvalue weighted by molar-refractivity contribution is -0.117. The Labute approximate surface area is 180 Å². The summed E-state index contributed by atoms with van der Waals surface area (Å²) in [7, 11) is -3.08. The summed E-state index contributed by atoms with van der Waals surface area (Å²) < 4.78 is 24.3. The zero-order valence-electron chi connectivity index (χ0n) is 15.9. The van der Waals surface area contributed by atoms with E-state index in [2.05, 4.69) is 4.99 Å². The Morgan fingerprint density at radius 2 is 1.90 bits per heavy atom. The molecular formula is C21H21ClN2O3S2. The van der Waals surface area contributed by atoms with Crippen LogP contribution in [0.2, 0.25) is 5.02 Å². The maximum absolute atomic E-state index is 12.6. The molecule has 0 aromatic heterocycles. The molecule has 1 amide bonds. The Morgan fingerprint density at radius 3 is 2.62 bits per heavy atom. The van der Waals surface area contributed by atoms with Crippen molar-refractivity contribution in [3.63, 3.8) is 0 Å². The lowest BCUT2D eigenvalue weighted by Gasteiger charge is -2.25. The van der Waals surface area contributed by atoms with Crippen LogP contribution < -0.4 is 0 Å². The second kappa shape index (κ2) is 8.13. The van der Waals surface area contributed by atoms with Crippen LogP contribution in [0.4, 0.5) is 0 Å². The number of carbonyl (C=O) groups is 1. The number of rotatable bonds is 4. The molecule has 0 radical (unpaired) electrons. The van der Waals surface area contributed by atoms with Gasteiger partial charge in [0.25, 0.3) is 5.91 Å². The predicted octanol–water partition coefficient (Wildman–Crippen LogP) is 3.49. The summed E-state index contributed by atoms with van der Waals surface area (Å²) in [6, 6.07) is 15.1. The topological polar surface area (TPSA) is 66.8 Å². The first kappa shape index (κ1) is 20.4. The average Bonchev–Trinajstić information content (AvgIpc) is 3.11. The number of aryl methyl sites for hydroxylation is 1. The number of fused-ring (bicyclic) bond motifs is 1. The normalized spacial score (nSPS) is 24.1. The van der Waals surface area contributed by atoms with E-state index in [1.165, 1.54) is 11.8 Å². The fourth-order valence-corrected chi connectivity index (χ4v) is 7.82. The van der Waals surface area contributed by atoms with Gasteiger partial charge in [-0.05, 0) is 24.1 Å². The summed E-state index contributed by atoms with van der Waals surface area (Å²) in [6.07, 6.45) is 0.220. The van der Waals surface area contributed by atoms with E-state index in [1.807, 2.05) is 60.4 Å². The quantitative estimate of drug-likeness (QED) is 0.716. The largest absolute Gasteiger partial charge is 0.342 e. The van der Waals surface area contributed by atoms with Crippen molar-refractivity contribution < 1.29 is 13.2 Å². The number of sulfone groups is 1. The van der Waals surface area contributed by atoms with Crippen molar-refractivity contribution in [2.75, 3.05) is 11.5 Å². The second-order valence-electron chi connectivity index (χ2n) is 7.47. The third-order valence-corrected chi connectivity index (χ3v) is 8.79. The van der Waals surface area contributed by atoms with E-state index in [0.717, 1.165) is 16.7 Å². The van der Waals surface area contributed by atoms with Crippen molar-refractivity contribution in [1.82, 2.24) is 4.90 Å². The van der Waals surface area contributed by atoms with Gasteiger partial charge in [-0.15, -0.1) is 0 Å². The van der Waals surface area contributed by atoms with Crippen LogP contribution in [0.5, 0.6) is 0 Å². The Kier molecular flexibility index (Phi) is 5.73. The molecule has 2 fully saturated rings. The van der Waals surface area contributed by atoms with Gasteiger partial charge < -0.3 is 4.90 Å². The number of amides is 1. The molecule has 2 heterocycles. The molecule has 2 aromatic rings. The molecule has 0 bridgehead atoms. The molecule has 152 valence electrons. The van der Waals surface area contributed by atoms with Crippen LogP contribution in [0.25, 0.3) is 0 Å². The molecule has 0 aliphatic carbocycles. The number of carbonyl (C=O) groups excluding carboxylic acids is 1. The summed E-state index contributed by atoms with van der Waals surface area (Å²) in [5.74, 6) is -0.0318. The standard InChI is InChI=1S/C21H21ClN2O3S2/c1-14-6-8-15(9-7-14)10-20(25)23-21-24(11-16-4-2-3-5-17(16)22)18-12-29(26,27)13-19(18)28-21/h2-9,18-19H,10-13H2,1H3/t18-,19+/m1/s1. The fraction of sp³-hybridized carbons (Fsp3) is 0.333. The van der Waals surface area contributed by atoms with Crippen LogP contribution in [0.15, 0.2) is 53.5 Å². The minimum Gasteiger partial charge on any atom is -0.342 e. The molecule has 29 heavy (non-hydrogen) atoms. The molecule has 8 heteroatoms. The second-order valence-corrected chi connectivity index (χ2v) is 11.2. The maximum atomic E-state index is 12.6. The van der Waals surface area contributed by atoms with E-state index in [9.17, 15) is 13.2 Å². The summed E-state index contributed by atoms with van der Waals surface area (Å²) in [5, 5.41) is 1.10. The van der Waals surface area contributed by atoms with Crippen LogP contribution in [0.1, 0.15) is 16.7 Å². The summed E-state index contributed by atoms with van der Waals surface area (Å²) >= 11 is 7.71. The van der Waals surface area contributed by atoms with Gasteiger partial charge >= 0.3 is 0 Å². The molecular weight excluding hydrogens is 428 g/mol. The van der Waals surface area contributed by atoms with Crippen LogP contribution in [-0.4, -0.2) is 47.2 Å². The monoisotopic (exact) mass is 448 g/mol. The molecule has 2 aliphatic rings. The van der Waals surface area contributed by atoms with E-state index in [1.54, 1.807) is 0 Å². The van der Waals surface area contributed by atoms with Gasteiger partial charge in [-0.3, -0.25) is 4.79 Å². The highest BCUT2D eigenvalue weighted by Crippen LogP contribution is 2.39. The van der Waals surface area contributed by atoms with Crippen molar-refractivity contribution >= 4 is 44.3 Å². The van der Waals surface area contributed by atoms with Gasteiger partial charge in [0, 0.05) is 16.8 Å². The van der Waals surface area contributed by atoms with Crippen molar-refractivity contribution in [1.29, 1.82) is 0 Å². The molecule has 2 saturated heterocycles. The number of nitrogens with zero attached hydrogens (tertiary/aromatic N) is 2. The highest BCUT2D eigenvalue weighted by atomic mass is 35.5. The third kappa shape index (κ3) is 4.68. The first-order valence-electron chi connectivity index (χ1n) is 9.35. The zero-order valence-corrected chi connectivity index (χ0v) is 18.3. The molecule has 2 atom stereocenters. The predicted molar refractivity (Wildman–Crippen MR) is 118 cm³/mol. The van der Waals surface area contributed by atoms with Crippen LogP contribution >= 0.6 is 23.4 Å². The Morgan fingerprint density at radius 1 is 1.17 bits per heavy atom. The first-order valence-corrected chi connectivity index (χ1v) is 12.4. The Hall–Kier alpha value is -1.83. The van der Waals surface area contributed by atoms with Crippen molar-refractivity contribution in [3.05, 3.63) is 70.2 Å². The molecule has 0 unspecified atom stereocenters. The van der Waals surface area contributed by atoms with Gasteiger partial charge in [0.05, 0.1) is 24.0 Å². The minimum atomic E-state index is -3.08. The SMILES string of the molecule is Cc1ccc(CC(=O)N=C2S[C@H]3CS(=O)(=O)C[C@H]3N2Cc2ccccc2Cl)cc1. The van der Waals surface area contributed by atoms with E-state index < -0.39 is 9.84 Å². The average molecular weight is 449 g/mol. The number of halogens is 1. The van der Waals surface area contributed by atoms with E-state index >= 15 is 0 Å². The van der Waals surface area contributed by atoms with Gasteiger partial charge in [0.1, 0.15) is 0 Å². The molecule has 0 spiro atoms. The lowest BCUT2D eigenvalue weighted by atomic mass is 10.1. The number of amidine groups is 1. The number of hydrogen-bond acceptors (Lipinski definition) is 4. The summed E-state index contributed by atoms with van der Waals surface area (Å²) in [4.78, 5) is 18.9. The first-order chi connectivity index (χ1) is 13.8. The van der Waals surface area contributed by atoms with E-state index in [0.29, 0.717) is 16.7 Å². The molecule has 0 N–H and O–H groups in total. The van der Waals surface area contributed by atoms with Crippen LogP contribution in [-0.2, 0) is 27.6 Å². The number of benzene rings is 2. The van der Waals surface area contributed by atoms with Crippen molar-refractivity contribution in [3.8, 4) is 0 Å². The Balaban J connectivity index is 1.58.